The fraction of sp³-hybridized carbons (Fsp3) is 0.143. The average molecular weight is 1410 g/mol. The Kier molecular flexibility index (Phi) is 22.1. The number of hydrogen-bond acceptors (Lipinski definition) is 12. The third-order valence-electron chi connectivity index (χ3n) is 17.2. The Morgan fingerprint density at radius 1 is 0.186 bits per heavy atom. The number of hydrogen-bond donors (Lipinski definition) is 6. The third kappa shape index (κ3) is 17.3. The number of benzene rings is 12. The molecule has 12 aromatic rings. The van der Waals surface area contributed by atoms with E-state index in [0.717, 1.165) is 33.4 Å². The number of rotatable bonds is 18. The fourth-order valence-corrected chi connectivity index (χ4v) is 12.2. The predicted octanol–water partition coefficient (Wildman–Crippen LogP) is 14.3. The topological polar surface area (TPSA) is 177 Å². The second-order valence-electron chi connectivity index (χ2n) is 24.2. The van der Waals surface area contributed by atoms with E-state index >= 15 is 0 Å². The molecule has 0 aliphatic heterocycles. The maximum absolute atomic E-state index is 12.8. The van der Waals surface area contributed by atoms with Crippen molar-refractivity contribution in [3.8, 4) is 69.0 Å². The van der Waals surface area contributed by atoms with Gasteiger partial charge in [-0.05, 0) is 106 Å². The molecule has 0 saturated heterocycles. The van der Waals surface area contributed by atoms with E-state index in [-0.39, 0.29) is 182 Å². The predicted molar refractivity (Wildman–Crippen MR) is 370 cm³/mol. The number of phenols is 6. The van der Waals surface area contributed by atoms with Crippen molar-refractivity contribution in [2.45, 2.75) is 78.2 Å². The van der Waals surface area contributed by atoms with Crippen LogP contribution in [0.1, 0.15) is 100 Å². The van der Waals surface area contributed by atoms with Crippen molar-refractivity contribution in [3.63, 3.8) is 0 Å². The second-order valence-corrected chi connectivity index (χ2v) is 24.2. The molecule has 0 saturated carbocycles. The molecule has 13 rings (SSSR count). The summed E-state index contributed by atoms with van der Waals surface area (Å²) in [4.78, 5) is 0. The van der Waals surface area contributed by atoms with Crippen molar-refractivity contribution in [2.24, 2.45) is 0 Å². The monoisotopic (exact) mass is 1410 g/mol. The molecule has 12 nitrogen and oxygen atoms in total. The van der Waals surface area contributed by atoms with Gasteiger partial charge in [-0.25, -0.2) is 0 Å². The summed E-state index contributed by atoms with van der Waals surface area (Å²) in [6.07, 6.45) is -0.129. The van der Waals surface area contributed by atoms with Crippen LogP contribution in [0, 0.1) is 0 Å². The van der Waals surface area contributed by atoms with Crippen LogP contribution in [0.5, 0.6) is 69.0 Å². The number of ether oxygens (including phenoxy) is 6. The van der Waals surface area contributed by atoms with E-state index in [4.69, 9.17) is 28.4 Å². The van der Waals surface area contributed by atoms with Gasteiger partial charge in [-0.2, -0.15) is 0 Å². The molecule has 0 unspecified atom stereocenters. The van der Waals surface area contributed by atoms with Crippen molar-refractivity contribution < 1.29 is 128 Å². The molecule has 12 bridgehead atoms. The molecule has 13 heteroatoms. The smallest absolute Gasteiger partial charge is 0.507 e. The molecule has 0 spiro atoms. The van der Waals surface area contributed by atoms with Crippen LogP contribution in [0.25, 0.3) is 0 Å². The molecule has 1 aliphatic rings. The normalized spacial score (nSPS) is 11.9. The zero-order chi connectivity index (χ0) is 65.7. The molecule has 12 aromatic carbocycles. The molecule has 0 radical (unpaired) electrons. The molecule has 0 amide bonds. The van der Waals surface area contributed by atoms with Gasteiger partial charge in [0.25, 0.3) is 0 Å². The zero-order valence-corrected chi connectivity index (χ0v) is 60.1. The average Bonchev–Trinajstić information content (AvgIpc) is 1.45. The van der Waals surface area contributed by atoms with Crippen LogP contribution >= 0.6 is 0 Å². The maximum atomic E-state index is 12.8. The first-order valence-electron chi connectivity index (χ1n) is 32.1. The molecular weight excluding hydrogens is 1330 g/mol. The van der Waals surface area contributed by atoms with E-state index in [9.17, 15) is 30.6 Å². The van der Waals surface area contributed by atoms with Crippen LogP contribution in [-0.4, -0.2) is 30.6 Å². The summed E-state index contributed by atoms with van der Waals surface area (Å²) >= 11 is 0. The van der Waals surface area contributed by atoms with E-state index < -0.39 is 0 Å². The van der Waals surface area contributed by atoms with Crippen molar-refractivity contribution in [1.29, 1.82) is 0 Å². The van der Waals surface area contributed by atoms with E-state index in [0.29, 0.717) is 101 Å². The van der Waals surface area contributed by atoms with Gasteiger partial charge in [0.15, 0.2) is 0 Å². The summed E-state index contributed by atoms with van der Waals surface area (Å²) in [5.41, 5.74) is 10.4. The first-order valence-corrected chi connectivity index (χ1v) is 32.1. The minimum Gasteiger partial charge on any atom is -0.507 e. The molecule has 6 N–H and O–H groups in total. The van der Waals surface area contributed by atoms with Gasteiger partial charge in [-0.1, -0.05) is 182 Å². The standard InChI is InChI=1S/C84H72O12.Cs/c85-79-61-31-63-39-74(92-50-56-21-9-2-10-22-56)41-65(80(63)86)33-67-43-76(94-52-58-25-13-4-14-26-58)45-69(82(67)88)35-71-47-78(96-54-60-29-17-6-18-30-60)48-72(84(71)90)36-70-46-77(95-53-59-27-15-5-16-28-59)44-68(83(70)89)34-66-42-75(93-51-57-23-11-3-12-24-57)40-64(81(66)87)32-62(79)38-73(37-61)91-49-55-19-7-1-8-20-55;/h1-30,37-48,85-90H,31-36,49-54H2;/q;+1. The van der Waals surface area contributed by atoms with E-state index in [1.165, 1.54) is 0 Å². The van der Waals surface area contributed by atoms with Gasteiger partial charge < -0.3 is 59.1 Å². The summed E-state index contributed by atoms with van der Waals surface area (Å²) in [5.74, 6) is 1.98. The Morgan fingerprint density at radius 3 is 0.412 bits per heavy atom. The Morgan fingerprint density at radius 2 is 0.299 bits per heavy atom. The molecule has 0 aromatic heterocycles. The first-order chi connectivity index (χ1) is 47.0. The summed E-state index contributed by atoms with van der Waals surface area (Å²) in [5, 5.41) is 76.6. The minimum atomic E-state index is -0.0965. The van der Waals surface area contributed by atoms with Crippen LogP contribution in [0.2, 0.25) is 0 Å². The molecule has 0 atom stereocenters. The van der Waals surface area contributed by atoms with Crippen molar-refractivity contribution in [2.75, 3.05) is 0 Å². The van der Waals surface area contributed by atoms with Gasteiger partial charge in [0.05, 0.1) is 0 Å². The number of phenolic OH excluding ortho intramolecular Hbond substituents is 6. The minimum absolute atomic E-state index is 0. The number of aromatic hydroxyl groups is 6. The fourth-order valence-electron chi connectivity index (χ4n) is 12.2. The van der Waals surface area contributed by atoms with Crippen molar-refractivity contribution in [3.05, 3.63) is 355 Å². The van der Waals surface area contributed by atoms with Crippen LogP contribution < -0.4 is 97.3 Å². The van der Waals surface area contributed by atoms with Crippen LogP contribution in [0.3, 0.4) is 0 Å². The Hall–Kier alpha value is -9.71. The quantitative estimate of drug-likeness (QED) is 0.0480. The van der Waals surface area contributed by atoms with Gasteiger partial charge in [0, 0.05) is 105 Å². The third-order valence-corrected chi connectivity index (χ3v) is 17.2. The first kappa shape index (κ1) is 67.3. The van der Waals surface area contributed by atoms with Crippen LogP contribution in [-0.2, 0) is 78.2 Å². The summed E-state index contributed by atoms with van der Waals surface area (Å²) in [6.45, 7) is 1.21. The van der Waals surface area contributed by atoms with Crippen LogP contribution in [0.15, 0.2) is 255 Å². The summed E-state index contributed by atoms with van der Waals surface area (Å²) in [7, 11) is 0. The molecule has 0 fully saturated rings. The molecule has 1 aliphatic carbocycles. The molecule has 480 valence electrons. The van der Waals surface area contributed by atoms with Gasteiger partial charge >= 0.3 is 68.9 Å². The van der Waals surface area contributed by atoms with E-state index in [2.05, 4.69) is 0 Å². The van der Waals surface area contributed by atoms with Gasteiger partial charge in [-0.15, -0.1) is 0 Å². The molecule has 0 heterocycles. The van der Waals surface area contributed by atoms with E-state index in [1.807, 2.05) is 182 Å². The van der Waals surface area contributed by atoms with Gasteiger partial charge in [0.2, 0.25) is 0 Å². The zero-order valence-electron chi connectivity index (χ0n) is 53.9. The number of fused-ring (bicyclic) bond motifs is 12. The van der Waals surface area contributed by atoms with Crippen molar-refractivity contribution in [1.82, 2.24) is 0 Å². The van der Waals surface area contributed by atoms with Crippen LogP contribution in [0.4, 0.5) is 0 Å². The molecule has 97 heavy (non-hydrogen) atoms. The largest absolute Gasteiger partial charge is 1.00 e. The second kappa shape index (κ2) is 31.9. The Bertz CT molecular complexity index is 3740. The van der Waals surface area contributed by atoms with Gasteiger partial charge in [0.1, 0.15) is 109 Å². The SMILES string of the molecule is Oc1c2cc(OCc3ccccc3)cc1Cc1cc(OCc3ccccc3)cc(c1O)Cc1cc(OCc3ccccc3)cc(c1O)Cc1cc(OCc3ccccc3)cc(c1O)Cc1cc(OCc3ccccc3)cc(c1O)Cc1cc(OCc3ccccc3)cc(c1O)C2.[Cs+]. The van der Waals surface area contributed by atoms with Crippen molar-refractivity contribution >= 4 is 0 Å². The summed E-state index contributed by atoms with van der Waals surface area (Å²) in [6, 6.07) is 79.5. The maximum Gasteiger partial charge on any atom is 1.00 e. The Balaban J connectivity index is 0.00000897. The summed E-state index contributed by atoms with van der Waals surface area (Å²) < 4.78 is 39.4. The Labute approximate surface area is 623 Å². The van der Waals surface area contributed by atoms with Gasteiger partial charge in [-0.3, -0.25) is 0 Å². The molecular formula is C84H72CsO12+. The van der Waals surface area contributed by atoms with E-state index in [1.54, 1.807) is 72.8 Å².